The zero-order valence-electron chi connectivity index (χ0n) is 13.1. The van der Waals surface area contributed by atoms with E-state index in [9.17, 15) is 27.6 Å². The van der Waals surface area contributed by atoms with Gasteiger partial charge in [-0.3, -0.25) is 9.59 Å². The van der Waals surface area contributed by atoms with Gasteiger partial charge in [0.1, 0.15) is 0 Å². The van der Waals surface area contributed by atoms with Crippen molar-refractivity contribution in [3.05, 3.63) is 35.4 Å². The van der Waals surface area contributed by atoms with E-state index >= 15 is 0 Å². The summed E-state index contributed by atoms with van der Waals surface area (Å²) >= 11 is 0. The van der Waals surface area contributed by atoms with Crippen LogP contribution in [0.5, 0.6) is 0 Å². The number of halogens is 3. The smallest absolute Gasteiger partial charge is 0.417 e. The monoisotopic (exact) mass is 356 g/mol. The average molecular weight is 356 g/mol. The molecule has 0 aliphatic carbocycles. The second kappa shape index (κ2) is 6.38. The SMILES string of the molecule is O=C(Cc1cccc(C(F)(F)F)c1)N1CCC(N2C(=O)COC2=O)C1. The number of likely N-dealkylation sites (tertiary alicyclic amines) is 1. The summed E-state index contributed by atoms with van der Waals surface area (Å²) in [6, 6.07) is 4.17. The molecule has 9 heteroatoms. The van der Waals surface area contributed by atoms with Crippen molar-refractivity contribution in [1.29, 1.82) is 0 Å². The summed E-state index contributed by atoms with van der Waals surface area (Å²) in [5.74, 6) is -0.788. The molecule has 2 aliphatic rings. The second-order valence-electron chi connectivity index (χ2n) is 5.98. The van der Waals surface area contributed by atoms with Crippen LogP contribution in [0.25, 0.3) is 0 Å². The standard InChI is InChI=1S/C16H15F3N2O4/c17-16(18,19)11-3-1-2-10(6-11)7-13(22)20-5-4-12(8-20)21-14(23)9-25-15(21)24/h1-3,6,12H,4-5,7-9H2. The number of cyclic esters (lactones) is 1. The number of amides is 3. The molecule has 1 aromatic rings. The molecular formula is C16H15F3N2O4. The predicted molar refractivity (Wildman–Crippen MR) is 78.3 cm³/mol. The van der Waals surface area contributed by atoms with E-state index < -0.39 is 29.8 Å². The van der Waals surface area contributed by atoms with Crippen molar-refractivity contribution in [3.63, 3.8) is 0 Å². The summed E-state index contributed by atoms with van der Waals surface area (Å²) in [7, 11) is 0. The number of carbonyl (C=O) groups is 3. The van der Waals surface area contributed by atoms with Crippen LogP contribution in [0.1, 0.15) is 17.5 Å². The molecule has 1 atom stereocenters. The molecule has 3 amide bonds. The Morgan fingerprint density at radius 1 is 1.28 bits per heavy atom. The van der Waals surface area contributed by atoms with Crippen LogP contribution in [0.4, 0.5) is 18.0 Å². The fraction of sp³-hybridized carbons (Fsp3) is 0.438. The molecule has 1 aromatic carbocycles. The minimum Gasteiger partial charge on any atom is -0.439 e. The first-order chi connectivity index (χ1) is 11.8. The van der Waals surface area contributed by atoms with Gasteiger partial charge >= 0.3 is 12.3 Å². The van der Waals surface area contributed by atoms with Crippen LogP contribution < -0.4 is 0 Å². The number of benzene rings is 1. The summed E-state index contributed by atoms with van der Waals surface area (Å²) in [6.07, 6.45) is -4.93. The van der Waals surface area contributed by atoms with Gasteiger partial charge in [-0.2, -0.15) is 13.2 Å². The lowest BCUT2D eigenvalue weighted by Crippen LogP contribution is -2.42. The van der Waals surface area contributed by atoms with Crippen LogP contribution in [0, 0.1) is 0 Å². The van der Waals surface area contributed by atoms with Gasteiger partial charge in [0, 0.05) is 13.1 Å². The van der Waals surface area contributed by atoms with Crippen molar-refractivity contribution in [3.8, 4) is 0 Å². The molecule has 2 heterocycles. The maximum absolute atomic E-state index is 12.7. The van der Waals surface area contributed by atoms with E-state index in [1.807, 2.05) is 0 Å². The summed E-state index contributed by atoms with van der Waals surface area (Å²) in [5, 5.41) is 0. The van der Waals surface area contributed by atoms with Crippen LogP contribution in [-0.4, -0.2) is 53.4 Å². The van der Waals surface area contributed by atoms with Crippen molar-refractivity contribution < 1.29 is 32.3 Å². The third-order valence-electron chi connectivity index (χ3n) is 4.28. The summed E-state index contributed by atoms with van der Waals surface area (Å²) in [5.41, 5.74) is -0.539. The summed E-state index contributed by atoms with van der Waals surface area (Å²) < 4.78 is 42.8. The molecule has 0 saturated carbocycles. The fourth-order valence-electron chi connectivity index (χ4n) is 3.04. The quantitative estimate of drug-likeness (QED) is 0.829. The zero-order valence-corrected chi connectivity index (χ0v) is 13.1. The van der Waals surface area contributed by atoms with E-state index in [4.69, 9.17) is 0 Å². The molecule has 0 spiro atoms. The Labute approximate surface area is 141 Å². The lowest BCUT2D eigenvalue weighted by atomic mass is 10.1. The van der Waals surface area contributed by atoms with E-state index in [-0.39, 0.29) is 31.0 Å². The van der Waals surface area contributed by atoms with Crippen LogP contribution in [0.15, 0.2) is 24.3 Å². The van der Waals surface area contributed by atoms with E-state index in [2.05, 4.69) is 4.74 Å². The Bertz CT molecular complexity index is 704. The number of carbonyl (C=O) groups excluding carboxylic acids is 3. The molecule has 0 bridgehead atoms. The van der Waals surface area contributed by atoms with Gasteiger partial charge in [-0.05, 0) is 18.1 Å². The Kier molecular flexibility index (Phi) is 4.40. The third kappa shape index (κ3) is 3.59. The molecule has 2 fully saturated rings. The predicted octanol–water partition coefficient (Wildman–Crippen LogP) is 1.83. The highest BCUT2D eigenvalue weighted by Crippen LogP contribution is 2.30. The fourth-order valence-corrected chi connectivity index (χ4v) is 3.04. The second-order valence-corrected chi connectivity index (χ2v) is 5.98. The molecule has 1 unspecified atom stereocenters. The van der Waals surface area contributed by atoms with Crippen molar-refractivity contribution in [2.45, 2.75) is 25.1 Å². The molecule has 6 nitrogen and oxygen atoms in total. The zero-order chi connectivity index (χ0) is 18.2. The average Bonchev–Trinajstić information content (AvgIpc) is 3.13. The molecule has 3 rings (SSSR count). The maximum atomic E-state index is 12.7. The first-order valence-electron chi connectivity index (χ1n) is 7.68. The van der Waals surface area contributed by atoms with E-state index in [0.717, 1.165) is 17.0 Å². The Morgan fingerprint density at radius 3 is 2.68 bits per heavy atom. The Balaban J connectivity index is 1.63. The van der Waals surface area contributed by atoms with Gasteiger partial charge in [0.25, 0.3) is 5.91 Å². The van der Waals surface area contributed by atoms with Gasteiger partial charge in [0.15, 0.2) is 6.61 Å². The van der Waals surface area contributed by atoms with Gasteiger partial charge < -0.3 is 9.64 Å². The van der Waals surface area contributed by atoms with Gasteiger partial charge in [-0.15, -0.1) is 0 Å². The summed E-state index contributed by atoms with van der Waals surface area (Å²) in [4.78, 5) is 38.0. The lowest BCUT2D eigenvalue weighted by Gasteiger charge is -2.20. The number of rotatable bonds is 3. The first-order valence-corrected chi connectivity index (χ1v) is 7.68. The lowest BCUT2D eigenvalue weighted by molar-refractivity contribution is -0.138. The van der Waals surface area contributed by atoms with E-state index in [1.165, 1.54) is 17.0 Å². The molecular weight excluding hydrogens is 341 g/mol. The molecule has 0 radical (unpaired) electrons. The number of alkyl halides is 3. The van der Waals surface area contributed by atoms with Gasteiger partial charge in [0.2, 0.25) is 5.91 Å². The van der Waals surface area contributed by atoms with E-state index in [0.29, 0.717) is 13.0 Å². The highest BCUT2D eigenvalue weighted by atomic mass is 19.4. The summed E-state index contributed by atoms with van der Waals surface area (Å²) in [6.45, 7) is 0.200. The maximum Gasteiger partial charge on any atom is 0.417 e. The molecule has 2 saturated heterocycles. The van der Waals surface area contributed by atoms with Crippen LogP contribution in [-0.2, 0) is 26.9 Å². The van der Waals surface area contributed by atoms with Crippen molar-refractivity contribution >= 4 is 17.9 Å². The minimum absolute atomic E-state index is 0.165. The third-order valence-corrected chi connectivity index (χ3v) is 4.28. The highest BCUT2D eigenvalue weighted by Gasteiger charge is 2.41. The van der Waals surface area contributed by atoms with Crippen LogP contribution >= 0.6 is 0 Å². The number of hydrogen-bond acceptors (Lipinski definition) is 4. The number of nitrogens with zero attached hydrogens (tertiary/aromatic N) is 2. The first kappa shape index (κ1) is 17.2. The van der Waals surface area contributed by atoms with Crippen molar-refractivity contribution in [2.24, 2.45) is 0 Å². The van der Waals surface area contributed by atoms with Gasteiger partial charge in [-0.25, -0.2) is 9.69 Å². The Hall–Kier alpha value is -2.58. The molecule has 25 heavy (non-hydrogen) atoms. The molecule has 0 aromatic heterocycles. The minimum atomic E-state index is -4.46. The van der Waals surface area contributed by atoms with Gasteiger partial charge in [0.05, 0.1) is 18.0 Å². The van der Waals surface area contributed by atoms with E-state index in [1.54, 1.807) is 0 Å². The molecule has 0 N–H and O–H groups in total. The number of ether oxygens (including phenoxy) is 1. The van der Waals surface area contributed by atoms with Crippen molar-refractivity contribution in [1.82, 2.24) is 9.80 Å². The van der Waals surface area contributed by atoms with Crippen LogP contribution in [0.2, 0.25) is 0 Å². The molecule has 134 valence electrons. The Morgan fingerprint density at radius 2 is 2.04 bits per heavy atom. The number of imide groups is 1. The van der Waals surface area contributed by atoms with Gasteiger partial charge in [-0.1, -0.05) is 18.2 Å². The highest BCUT2D eigenvalue weighted by molar-refractivity contribution is 5.98. The van der Waals surface area contributed by atoms with Crippen molar-refractivity contribution in [2.75, 3.05) is 19.7 Å². The normalized spacial score (nSPS) is 21.0. The topological polar surface area (TPSA) is 66.9 Å². The van der Waals surface area contributed by atoms with Crippen LogP contribution in [0.3, 0.4) is 0 Å². The largest absolute Gasteiger partial charge is 0.439 e. The number of hydrogen-bond donors (Lipinski definition) is 0. The molecule has 2 aliphatic heterocycles.